The van der Waals surface area contributed by atoms with Gasteiger partial charge in [-0.2, -0.15) is 0 Å². The first-order valence-corrected chi connectivity index (χ1v) is 8.89. The van der Waals surface area contributed by atoms with Gasteiger partial charge >= 0.3 is 0 Å². The van der Waals surface area contributed by atoms with Gasteiger partial charge in [-0.05, 0) is 55.2 Å². The molecule has 6 nitrogen and oxygen atoms in total. The van der Waals surface area contributed by atoms with Crippen LogP contribution < -0.4 is 5.32 Å². The van der Waals surface area contributed by atoms with Gasteiger partial charge < -0.3 is 10.4 Å². The van der Waals surface area contributed by atoms with E-state index in [1.807, 2.05) is 20.8 Å². The molecule has 0 fully saturated rings. The molecule has 0 atom stereocenters. The SMILES string of the molecule is Cc1ccc(O)c(NC(=O)c2ccc3c(c2)C(=O)N(CCC(C)C)C3=O)c1. The average Bonchev–Trinajstić information content (AvgIpc) is 2.86. The van der Waals surface area contributed by atoms with Gasteiger partial charge in [-0.15, -0.1) is 0 Å². The van der Waals surface area contributed by atoms with Crippen LogP contribution in [0.15, 0.2) is 36.4 Å². The van der Waals surface area contributed by atoms with Crippen LogP contribution in [0, 0.1) is 12.8 Å². The van der Waals surface area contributed by atoms with E-state index in [2.05, 4.69) is 5.32 Å². The van der Waals surface area contributed by atoms with Gasteiger partial charge in [0.1, 0.15) is 5.75 Å². The number of rotatable bonds is 5. The first kappa shape index (κ1) is 18.6. The molecule has 0 saturated heterocycles. The molecular weight excluding hydrogens is 344 g/mol. The summed E-state index contributed by atoms with van der Waals surface area (Å²) in [7, 11) is 0. The normalized spacial score (nSPS) is 13.3. The van der Waals surface area contributed by atoms with Gasteiger partial charge in [0, 0.05) is 12.1 Å². The minimum absolute atomic E-state index is 0.0405. The van der Waals surface area contributed by atoms with E-state index in [4.69, 9.17) is 0 Å². The molecular formula is C21H22N2O4. The van der Waals surface area contributed by atoms with Crippen LogP contribution in [-0.2, 0) is 0 Å². The molecule has 2 N–H and O–H groups in total. The fourth-order valence-electron chi connectivity index (χ4n) is 2.97. The summed E-state index contributed by atoms with van der Waals surface area (Å²) >= 11 is 0. The number of carbonyl (C=O) groups is 3. The Morgan fingerprint density at radius 3 is 2.48 bits per heavy atom. The predicted molar refractivity (Wildman–Crippen MR) is 102 cm³/mol. The molecule has 2 aromatic rings. The minimum Gasteiger partial charge on any atom is -0.506 e. The lowest BCUT2D eigenvalue weighted by atomic mass is 10.1. The molecule has 0 radical (unpaired) electrons. The quantitative estimate of drug-likeness (QED) is 0.625. The van der Waals surface area contributed by atoms with E-state index < -0.39 is 5.91 Å². The summed E-state index contributed by atoms with van der Waals surface area (Å²) in [5, 5.41) is 12.5. The maximum Gasteiger partial charge on any atom is 0.261 e. The van der Waals surface area contributed by atoms with E-state index in [0.29, 0.717) is 23.7 Å². The third-order valence-electron chi connectivity index (χ3n) is 4.56. The fourth-order valence-corrected chi connectivity index (χ4v) is 2.97. The number of amides is 3. The maximum atomic E-state index is 12.6. The van der Waals surface area contributed by atoms with E-state index in [9.17, 15) is 19.5 Å². The van der Waals surface area contributed by atoms with E-state index in [-0.39, 0.29) is 28.7 Å². The van der Waals surface area contributed by atoms with Crippen molar-refractivity contribution in [1.82, 2.24) is 4.90 Å². The van der Waals surface area contributed by atoms with Gasteiger partial charge in [0.25, 0.3) is 17.7 Å². The highest BCUT2D eigenvalue weighted by Gasteiger charge is 2.35. The molecule has 1 aliphatic rings. The maximum absolute atomic E-state index is 12.6. The zero-order valence-electron chi connectivity index (χ0n) is 15.6. The highest BCUT2D eigenvalue weighted by molar-refractivity contribution is 6.22. The molecule has 3 rings (SSSR count). The van der Waals surface area contributed by atoms with Crippen molar-refractivity contribution >= 4 is 23.4 Å². The van der Waals surface area contributed by atoms with Crippen LogP contribution in [0.25, 0.3) is 0 Å². The lowest BCUT2D eigenvalue weighted by molar-refractivity contribution is 0.0647. The van der Waals surface area contributed by atoms with Gasteiger partial charge in [0.05, 0.1) is 16.8 Å². The monoisotopic (exact) mass is 366 g/mol. The van der Waals surface area contributed by atoms with E-state index in [1.165, 1.54) is 29.2 Å². The summed E-state index contributed by atoms with van der Waals surface area (Å²) in [6.07, 6.45) is 0.728. The van der Waals surface area contributed by atoms with Crippen molar-refractivity contribution in [2.24, 2.45) is 5.92 Å². The molecule has 0 unspecified atom stereocenters. The number of benzene rings is 2. The fraction of sp³-hybridized carbons (Fsp3) is 0.286. The zero-order valence-corrected chi connectivity index (χ0v) is 15.6. The Balaban J connectivity index is 1.83. The largest absolute Gasteiger partial charge is 0.506 e. The summed E-state index contributed by atoms with van der Waals surface area (Å²) in [5.41, 5.74) is 1.99. The van der Waals surface area contributed by atoms with Crippen molar-refractivity contribution in [2.75, 3.05) is 11.9 Å². The van der Waals surface area contributed by atoms with Crippen molar-refractivity contribution < 1.29 is 19.5 Å². The smallest absolute Gasteiger partial charge is 0.261 e. The zero-order chi connectivity index (χ0) is 19.7. The van der Waals surface area contributed by atoms with Gasteiger partial charge in [-0.3, -0.25) is 19.3 Å². The highest BCUT2D eigenvalue weighted by Crippen LogP contribution is 2.27. The van der Waals surface area contributed by atoms with Crippen LogP contribution >= 0.6 is 0 Å². The summed E-state index contributed by atoms with van der Waals surface area (Å²) in [6, 6.07) is 9.35. The standard InChI is InChI=1S/C21H22N2O4/c1-12(2)8-9-23-20(26)15-6-5-14(11-16(15)21(23)27)19(25)22-17-10-13(3)4-7-18(17)24/h4-7,10-12,24H,8-9H2,1-3H3,(H,22,25). The second-order valence-electron chi connectivity index (χ2n) is 7.18. The van der Waals surface area contributed by atoms with Crippen LogP contribution in [0.5, 0.6) is 5.75 Å². The molecule has 3 amide bonds. The summed E-state index contributed by atoms with van der Waals surface area (Å²) in [5.74, 6) is -0.818. The van der Waals surface area contributed by atoms with Gasteiger partial charge in [-0.25, -0.2) is 0 Å². The third kappa shape index (κ3) is 3.69. The van der Waals surface area contributed by atoms with Crippen molar-refractivity contribution in [3.63, 3.8) is 0 Å². The summed E-state index contributed by atoms with van der Waals surface area (Å²) in [4.78, 5) is 38.8. The van der Waals surface area contributed by atoms with Crippen molar-refractivity contribution in [2.45, 2.75) is 27.2 Å². The molecule has 0 saturated carbocycles. The van der Waals surface area contributed by atoms with Gasteiger partial charge in [0.15, 0.2) is 0 Å². The number of hydrogen-bond acceptors (Lipinski definition) is 4. The minimum atomic E-state index is -0.459. The number of nitrogens with zero attached hydrogens (tertiary/aromatic N) is 1. The second kappa shape index (κ2) is 7.23. The number of aromatic hydroxyl groups is 1. The Morgan fingerprint density at radius 1 is 1.07 bits per heavy atom. The lowest BCUT2D eigenvalue weighted by Gasteiger charge is -2.14. The van der Waals surface area contributed by atoms with E-state index in [0.717, 1.165) is 12.0 Å². The van der Waals surface area contributed by atoms with Gasteiger partial charge in [-0.1, -0.05) is 19.9 Å². The second-order valence-corrected chi connectivity index (χ2v) is 7.18. The molecule has 1 heterocycles. The molecule has 0 aromatic heterocycles. The third-order valence-corrected chi connectivity index (χ3v) is 4.56. The summed E-state index contributed by atoms with van der Waals surface area (Å²) < 4.78 is 0. The van der Waals surface area contributed by atoms with Crippen molar-refractivity contribution in [3.05, 3.63) is 58.7 Å². The number of phenols is 1. The molecule has 0 aliphatic carbocycles. The number of fused-ring (bicyclic) bond motifs is 1. The average molecular weight is 366 g/mol. The van der Waals surface area contributed by atoms with Crippen LogP contribution in [0.2, 0.25) is 0 Å². The Hall–Kier alpha value is -3.15. The van der Waals surface area contributed by atoms with Crippen molar-refractivity contribution in [3.8, 4) is 5.75 Å². The number of carbonyl (C=O) groups excluding carboxylic acids is 3. The number of aryl methyl sites for hydroxylation is 1. The Bertz CT molecular complexity index is 934. The Kier molecular flexibility index (Phi) is 4.99. The molecule has 6 heteroatoms. The number of anilines is 1. The topological polar surface area (TPSA) is 86.7 Å². The van der Waals surface area contributed by atoms with Crippen molar-refractivity contribution in [1.29, 1.82) is 0 Å². The molecule has 1 aliphatic heterocycles. The molecule has 0 spiro atoms. The van der Waals surface area contributed by atoms with E-state index in [1.54, 1.807) is 12.1 Å². The Labute approximate surface area is 157 Å². The molecule has 27 heavy (non-hydrogen) atoms. The van der Waals surface area contributed by atoms with Gasteiger partial charge in [0.2, 0.25) is 0 Å². The van der Waals surface area contributed by atoms with Crippen LogP contribution in [0.3, 0.4) is 0 Å². The van der Waals surface area contributed by atoms with Crippen LogP contribution in [-0.4, -0.2) is 34.3 Å². The van der Waals surface area contributed by atoms with Crippen LogP contribution in [0.1, 0.15) is 56.9 Å². The highest BCUT2D eigenvalue weighted by atomic mass is 16.3. The number of nitrogens with one attached hydrogen (secondary N) is 1. The summed E-state index contributed by atoms with van der Waals surface area (Å²) in [6.45, 7) is 6.27. The van der Waals surface area contributed by atoms with Crippen LogP contribution in [0.4, 0.5) is 5.69 Å². The lowest BCUT2D eigenvalue weighted by Crippen LogP contribution is -2.31. The predicted octanol–water partition coefficient (Wildman–Crippen LogP) is 3.60. The first-order chi connectivity index (χ1) is 12.8. The first-order valence-electron chi connectivity index (χ1n) is 8.89. The number of phenolic OH excluding ortho intramolecular Hbond substituents is 1. The number of imide groups is 1. The molecule has 0 bridgehead atoms. The molecule has 140 valence electrons. The molecule has 2 aromatic carbocycles. The van der Waals surface area contributed by atoms with E-state index >= 15 is 0 Å². The Morgan fingerprint density at radius 2 is 1.78 bits per heavy atom. The number of hydrogen-bond donors (Lipinski definition) is 2.